The molecule has 0 aliphatic carbocycles. The molecule has 0 fully saturated rings. The molecule has 0 amide bonds. The van der Waals surface area contributed by atoms with Crippen LogP contribution in [0.4, 0.5) is 0 Å². The Morgan fingerprint density at radius 1 is 1.14 bits per heavy atom. The monoisotopic (exact) mass is 195 g/mol. The lowest BCUT2D eigenvalue weighted by atomic mass is 9.91. The summed E-state index contributed by atoms with van der Waals surface area (Å²) in [6, 6.07) is 0.517. The van der Waals surface area contributed by atoms with Crippen molar-refractivity contribution in [1.82, 2.24) is 0 Å². The van der Waals surface area contributed by atoms with Crippen molar-refractivity contribution in [2.24, 2.45) is 16.9 Å². The zero-order valence-corrected chi connectivity index (χ0v) is 10.3. The first-order valence-electron chi connectivity index (χ1n) is 5.51. The molecule has 2 heteroatoms. The summed E-state index contributed by atoms with van der Waals surface area (Å²) in [7, 11) is 2.15. The predicted molar refractivity (Wildman–Crippen MR) is 61.9 cm³/mol. The highest BCUT2D eigenvalue weighted by Gasteiger charge is 2.30. The van der Waals surface area contributed by atoms with Gasteiger partial charge in [-0.15, -0.1) is 0 Å². The molecular weight excluding hydrogens is 172 g/mol. The second kappa shape index (κ2) is 3.85. The van der Waals surface area contributed by atoms with Crippen LogP contribution in [0.2, 0.25) is 0 Å². The first-order valence-corrected chi connectivity index (χ1v) is 5.51. The molecule has 0 N–H and O–H groups in total. The van der Waals surface area contributed by atoms with Gasteiger partial charge >= 0.3 is 0 Å². The van der Waals surface area contributed by atoms with Gasteiger partial charge in [-0.3, -0.25) is 0 Å². The van der Waals surface area contributed by atoms with Crippen LogP contribution in [0.5, 0.6) is 0 Å². The molecule has 0 radical (unpaired) electrons. The molecule has 1 aliphatic rings. The minimum Gasteiger partial charge on any atom is -0.172 e. The Morgan fingerprint density at radius 2 is 1.71 bits per heavy atom. The maximum Gasteiger partial charge on any atom is 0.128 e. The van der Waals surface area contributed by atoms with Crippen molar-refractivity contribution in [1.29, 1.82) is 0 Å². The van der Waals surface area contributed by atoms with Crippen molar-refractivity contribution in [3.63, 3.8) is 0 Å². The number of allylic oxidation sites excluding steroid dienone is 1. The van der Waals surface area contributed by atoms with E-state index in [9.17, 15) is 0 Å². The van der Waals surface area contributed by atoms with Crippen molar-refractivity contribution in [3.05, 3.63) is 11.8 Å². The summed E-state index contributed by atoms with van der Waals surface area (Å²) in [5.74, 6) is 1.30. The third-order valence-electron chi connectivity index (χ3n) is 3.44. The largest absolute Gasteiger partial charge is 0.172 e. The van der Waals surface area contributed by atoms with Crippen molar-refractivity contribution in [2.45, 2.75) is 40.7 Å². The van der Waals surface area contributed by atoms with E-state index in [-0.39, 0.29) is 0 Å². The summed E-state index contributed by atoms with van der Waals surface area (Å²) >= 11 is 0. The lowest BCUT2D eigenvalue weighted by Gasteiger charge is -2.25. The fourth-order valence-corrected chi connectivity index (χ4v) is 1.46. The normalized spacial score (nSPS) is 28.7. The number of hydrogen-bond acceptors (Lipinski definition) is 1. The van der Waals surface area contributed by atoms with Gasteiger partial charge in [0.25, 0.3) is 0 Å². The van der Waals surface area contributed by atoms with Crippen molar-refractivity contribution < 1.29 is 4.59 Å². The Balaban J connectivity index is 2.83. The van der Waals surface area contributed by atoms with Crippen LogP contribution in [0, 0.1) is 11.8 Å². The molecule has 0 saturated carbocycles. The topological polar surface area (TPSA) is 12.4 Å². The average molecular weight is 195 g/mol. The highest BCUT2D eigenvalue weighted by molar-refractivity contribution is 5.79. The van der Waals surface area contributed by atoms with E-state index in [2.05, 4.69) is 53.0 Å². The van der Waals surface area contributed by atoms with Gasteiger partial charge in [-0.1, -0.05) is 25.9 Å². The minimum absolute atomic E-state index is 0.517. The van der Waals surface area contributed by atoms with Gasteiger partial charge in [0.15, 0.2) is 0 Å². The van der Waals surface area contributed by atoms with E-state index in [0.717, 1.165) is 0 Å². The molecule has 80 valence electrons. The molecule has 1 heterocycles. The van der Waals surface area contributed by atoms with Crippen LogP contribution < -0.4 is 0 Å². The Labute approximate surface area is 87.9 Å². The van der Waals surface area contributed by atoms with Gasteiger partial charge in [0, 0.05) is 5.57 Å². The summed E-state index contributed by atoms with van der Waals surface area (Å²) < 4.78 is 0.701. The van der Waals surface area contributed by atoms with Gasteiger partial charge < -0.3 is 0 Å². The number of nitrogens with zero attached hydrogens (tertiary/aromatic N) is 2. The quantitative estimate of drug-likeness (QED) is 0.614. The first-order chi connectivity index (χ1) is 6.37. The minimum atomic E-state index is 0.517. The summed E-state index contributed by atoms with van der Waals surface area (Å²) in [6.07, 6.45) is 4.33. The molecular formula is C12H23N2+. The third kappa shape index (κ3) is 2.06. The molecule has 1 aliphatic heterocycles. The van der Waals surface area contributed by atoms with Crippen molar-refractivity contribution in [3.8, 4) is 0 Å². The van der Waals surface area contributed by atoms with Crippen LogP contribution in [0.3, 0.4) is 0 Å². The molecule has 1 rings (SSSR count). The van der Waals surface area contributed by atoms with Crippen molar-refractivity contribution >= 4 is 6.21 Å². The van der Waals surface area contributed by atoms with E-state index in [4.69, 9.17) is 0 Å². The fraction of sp³-hybridized carbons (Fsp3) is 0.750. The zero-order valence-electron chi connectivity index (χ0n) is 10.3. The lowest BCUT2D eigenvalue weighted by Crippen LogP contribution is -2.37. The van der Waals surface area contributed by atoms with E-state index in [1.165, 1.54) is 5.57 Å². The molecule has 0 aromatic rings. The standard InChI is InChI=1S/C12H23N2/c1-9(2)11(5)12-7-13-14(6,8-12)10(3)4/h7-11H,1-6H3/q+1. The van der Waals surface area contributed by atoms with Gasteiger partial charge in [-0.05, 0) is 25.7 Å². The maximum atomic E-state index is 4.57. The van der Waals surface area contributed by atoms with Gasteiger partial charge in [-0.25, -0.2) is 0 Å². The second-order valence-corrected chi connectivity index (χ2v) is 5.10. The van der Waals surface area contributed by atoms with Crippen LogP contribution in [0.1, 0.15) is 34.6 Å². The number of rotatable bonds is 3. The van der Waals surface area contributed by atoms with Crippen LogP contribution in [0.25, 0.3) is 0 Å². The lowest BCUT2D eigenvalue weighted by molar-refractivity contribution is -0.885. The number of quaternary nitrogens is 1. The van der Waals surface area contributed by atoms with Gasteiger partial charge in [0.1, 0.15) is 12.2 Å². The molecule has 2 nitrogen and oxygen atoms in total. The van der Waals surface area contributed by atoms with E-state index >= 15 is 0 Å². The summed E-state index contributed by atoms with van der Waals surface area (Å²) in [6.45, 7) is 11.2. The Bertz CT molecular complexity index is 263. The third-order valence-corrected chi connectivity index (χ3v) is 3.44. The highest BCUT2D eigenvalue weighted by Crippen LogP contribution is 2.27. The van der Waals surface area contributed by atoms with E-state index in [1.807, 2.05) is 6.21 Å². The molecule has 2 atom stereocenters. The van der Waals surface area contributed by atoms with Gasteiger partial charge in [0.2, 0.25) is 0 Å². The SMILES string of the molecule is CC(C)C(C)C1=C[N+](C)(C(C)C)N=C1. The summed E-state index contributed by atoms with van der Waals surface area (Å²) in [4.78, 5) is 0. The fourth-order valence-electron chi connectivity index (χ4n) is 1.46. The van der Waals surface area contributed by atoms with Crippen molar-refractivity contribution in [2.75, 3.05) is 7.05 Å². The Hall–Kier alpha value is -0.630. The Morgan fingerprint density at radius 3 is 2.07 bits per heavy atom. The molecule has 0 saturated heterocycles. The molecule has 0 spiro atoms. The molecule has 0 bridgehead atoms. The summed E-state index contributed by atoms with van der Waals surface area (Å²) in [5.41, 5.74) is 1.39. The van der Waals surface area contributed by atoms with E-state index in [1.54, 1.807) is 0 Å². The highest BCUT2D eigenvalue weighted by atomic mass is 15.6. The number of hydrogen-bond donors (Lipinski definition) is 0. The average Bonchev–Trinajstić information content (AvgIpc) is 2.48. The molecule has 0 aromatic heterocycles. The van der Waals surface area contributed by atoms with Crippen LogP contribution in [-0.4, -0.2) is 23.9 Å². The molecule has 0 aromatic carbocycles. The van der Waals surface area contributed by atoms with E-state index in [0.29, 0.717) is 22.5 Å². The second-order valence-electron chi connectivity index (χ2n) is 5.10. The van der Waals surface area contributed by atoms with Gasteiger partial charge in [0.05, 0.1) is 13.3 Å². The Kier molecular flexibility index (Phi) is 3.15. The van der Waals surface area contributed by atoms with E-state index < -0.39 is 0 Å². The van der Waals surface area contributed by atoms with Gasteiger partial charge in [-0.2, -0.15) is 4.59 Å². The first kappa shape index (κ1) is 11.4. The van der Waals surface area contributed by atoms with Crippen LogP contribution in [-0.2, 0) is 0 Å². The predicted octanol–water partition coefficient (Wildman–Crippen LogP) is 3.02. The summed E-state index contributed by atoms with van der Waals surface area (Å²) in [5, 5.41) is 4.57. The zero-order chi connectivity index (χ0) is 10.9. The smallest absolute Gasteiger partial charge is 0.128 e. The molecule has 2 unspecified atom stereocenters. The van der Waals surface area contributed by atoms with Crippen LogP contribution >= 0.6 is 0 Å². The van der Waals surface area contributed by atoms with Crippen LogP contribution in [0.15, 0.2) is 16.9 Å². The maximum absolute atomic E-state index is 4.57. The molecule has 14 heavy (non-hydrogen) atoms.